The van der Waals surface area contributed by atoms with Gasteiger partial charge >= 0.3 is 0 Å². The minimum absolute atomic E-state index is 0.0216. The monoisotopic (exact) mass is 365 g/mol. The first-order chi connectivity index (χ1) is 9.09. The number of halogens is 1. The number of nitrogens with zero attached hydrogens (tertiary/aromatic N) is 1. The summed E-state index contributed by atoms with van der Waals surface area (Å²) in [7, 11) is -3.37. The van der Waals surface area contributed by atoms with Gasteiger partial charge in [0.25, 0.3) is 10.0 Å². The van der Waals surface area contributed by atoms with Crippen molar-refractivity contribution in [3.63, 3.8) is 0 Å². The van der Waals surface area contributed by atoms with Crippen molar-refractivity contribution in [1.29, 1.82) is 0 Å². The quantitative estimate of drug-likeness (QED) is 0.809. The van der Waals surface area contributed by atoms with Crippen LogP contribution in [-0.2, 0) is 14.8 Å². The van der Waals surface area contributed by atoms with Crippen LogP contribution in [0.4, 0.5) is 0 Å². The molecule has 0 amide bonds. The molecule has 1 saturated carbocycles. The van der Waals surface area contributed by atoms with Gasteiger partial charge in [0.05, 0.1) is 22.5 Å². The number of thiophene rings is 1. The van der Waals surface area contributed by atoms with Crippen LogP contribution < -0.4 is 0 Å². The van der Waals surface area contributed by atoms with Gasteiger partial charge in [-0.05, 0) is 40.9 Å². The van der Waals surface area contributed by atoms with E-state index in [0.29, 0.717) is 17.4 Å². The van der Waals surface area contributed by atoms with E-state index < -0.39 is 10.0 Å². The maximum absolute atomic E-state index is 12.7. The van der Waals surface area contributed by atoms with Crippen molar-refractivity contribution in [1.82, 2.24) is 4.31 Å². The molecule has 7 heteroatoms. The van der Waals surface area contributed by atoms with E-state index in [2.05, 4.69) is 15.9 Å². The Bertz CT molecular complexity index is 555. The van der Waals surface area contributed by atoms with Crippen LogP contribution in [0.15, 0.2) is 20.1 Å². The molecule has 0 aromatic carbocycles. The molecule has 2 aliphatic rings. The molecule has 1 aromatic rings. The lowest BCUT2D eigenvalue weighted by Gasteiger charge is -2.42. The zero-order chi connectivity index (χ0) is 13.5. The van der Waals surface area contributed by atoms with Crippen molar-refractivity contribution in [3.05, 3.63) is 15.9 Å². The van der Waals surface area contributed by atoms with Crippen LogP contribution >= 0.6 is 27.3 Å². The van der Waals surface area contributed by atoms with Gasteiger partial charge in [-0.15, -0.1) is 11.3 Å². The van der Waals surface area contributed by atoms with Gasteiger partial charge in [-0.2, -0.15) is 4.31 Å². The van der Waals surface area contributed by atoms with Gasteiger partial charge in [-0.25, -0.2) is 8.42 Å². The van der Waals surface area contributed by atoms with Gasteiger partial charge < -0.3 is 4.74 Å². The van der Waals surface area contributed by atoms with Crippen LogP contribution in [-0.4, -0.2) is 38.0 Å². The fraction of sp³-hybridized carbons (Fsp3) is 0.667. The van der Waals surface area contributed by atoms with E-state index in [4.69, 9.17) is 4.74 Å². The third-order valence-corrected chi connectivity index (χ3v) is 7.81. The second kappa shape index (κ2) is 5.44. The molecule has 1 aliphatic heterocycles. The Kier molecular flexibility index (Phi) is 4.01. The summed E-state index contributed by atoms with van der Waals surface area (Å²) in [6.07, 6.45) is 4.20. The van der Waals surface area contributed by atoms with E-state index >= 15 is 0 Å². The number of morpholine rings is 1. The van der Waals surface area contributed by atoms with Crippen molar-refractivity contribution in [2.45, 2.75) is 42.0 Å². The molecule has 0 N–H and O–H groups in total. The van der Waals surface area contributed by atoms with Gasteiger partial charge in [0.15, 0.2) is 0 Å². The second-order valence-electron chi connectivity index (χ2n) is 4.94. The molecule has 2 unspecified atom stereocenters. The Morgan fingerprint density at radius 1 is 1.32 bits per heavy atom. The van der Waals surface area contributed by atoms with Gasteiger partial charge in [-0.1, -0.05) is 12.8 Å². The van der Waals surface area contributed by atoms with Crippen LogP contribution in [0.1, 0.15) is 25.7 Å². The highest BCUT2D eigenvalue weighted by molar-refractivity contribution is 9.11. The first kappa shape index (κ1) is 14.0. The van der Waals surface area contributed by atoms with E-state index in [1.54, 1.807) is 16.4 Å². The average Bonchev–Trinajstić information content (AvgIpc) is 2.85. The molecule has 106 valence electrons. The molecule has 0 radical (unpaired) electrons. The molecular formula is C12H16BrNO3S2. The molecule has 2 heterocycles. The van der Waals surface area contributed by atoms with E-state index in [0.717, 1.165) is 29.5 Å². The van der Waals surface area contributed by atoms with Crippen LogP contribution in [0.5, 0.6) is 0 Å². The Hall–Kier alpha value is 0.0500. The van der Waals surface area contributed by atoms with Crippen LogP contribution in [0.2, 0.25) is 0 Å². The van der Waals surface area contributed by atoms with Crippen molar-refractivity contribution >= 4 is 37.3 Å². The van der Waals surface area contributed by atoms with Crippen molar-refractivity contribution in [2.75, 3.05) is 13.2 Å². The zero-order valence-electron chi connectivity index (χ0n) is 10.4. The summed E-state index contributed by atoms with van der Waals surface area (Å²) in [6, 6.07) is 3.49. The summed E-state index contributed by atoms with van der Waals surface area (Å²) in [5, 5.41) is 0. The lowest BCUT2D eigenvalue weighted by Crippen LogP contribution is -2.54. The van der Waals surface area contributed by atoms with E-state index in [1.807, 2.05) is 0 Å². The van der Waals surface area contributed by atoms with Crippen molar-refractivity contribution in [3.8, 4) is 0 Å². The Balaban J connectivity index is 1.91. The molecule has 0 spiro atoms. The lowest BCUT2D eigenvalue weighted by molar-refractivity contribution is -0.0585. The summed E-state index contributed by atoms with van der Waals surface area (Å²) in [5.74, 6) is 0. The Labute approximate surface area is 125 Å². The maximum atomic E-state index is 12.7. The highest BCUT2D eigenvalue weighted by Gasteiger charge is 2.41. The minimum Gasteiger partial charge on any atom is -0.375 e. The van der Waals surface area contributed by atoms with Gasteiger partial charge in [0.1, 0.15) is 4.21 Å². The lowest BCUT2D eigenvalue weighted by atomic mass is 9.91. The van der Waals surface area contributed by atoms with Crippen LogP contribution in [0.25, 0.3) is 0 Å². The molecule has 4 nitrogen and oxygen atoms in total. The standard InChI is InChI=1S/C12H16BrNO3S2/c13-11-5-6-12(18-11)19(15,16)14-7-8-17-10-4-2-1-3-9(10)14/h5-6,9-10H,1-4,7-8H2. The SMILES string of the molecule is O=S(=O)(c1ccc(Br)s1)N1CCOC2CCCCC21. The predicted octanol–water partition coefficient (Wildman–Crippen LogP) is 2.84. The van der Waals surface area contributed by atoms with Crippen LogP contribution in [0, 0.1) is 0 Å². The number of fused-ring (bicyclic) bond motifs is 1. The first-order valence-corrected chi connectivity index (χ1v) is 9.53. The van der Waals surface area contributed by atoms with E-state index in [9.17, 15) is 8.42 Å². The van der Waals surface area contributed by atoms with Gasteiger partial charge in [0, 0.05) is 6.54 Å². The average molecular weight is 366 g/mol. The van der Waals surface area contributed by atoms with Gasteiger partial charge in [-0.3, -0.25) is 0 Å². The summed E-state index contributed by atoms with van der Waals surface area (Å²) >= 11 is 4.60. The third-order valence-electron chi connectivity index (χ3n) is 3.79. The largest absolute Gasteiger partial charge is 0.375 e. The van der Waals surface area contributed by atoms with Gasteiger partial charge in [0.2, 0.25) is 0 Å². The first-order valence-electron chi connectivity index (χ1n) is 6.48. The zero-order valence-corrected chi connectivity index (χ0v) is 13.6. The summed E-state index contributed by atoms with van der Waals surface area (Å²) in [6.45, 7) is 0.978. The predicted molar refractivity (Wildman–Crippen MR) is 77.9 cm³/mol. The van der Waals surface area contributed by atoms with E-state index in [1.165, 1.54) is 11.3 Å². The van der Waals surface area contributed by atoms with E-state index in [-0.39, 0.29) is 12.1 Å². The molecule has 1 saturated heterocycles. The summed E-state index contributed by atoms with van der Waals surface area (Å²) in [5.41, 5.74) is 0. The molecule has 0 bridgehead atoms. The Morgan fingerprint density at radius 3 is 2.84 bits per heavy atom. The van der Waals surface area contributed by atoms with Crippen molar-refractivity contribution in [2.24, 2.45) is 0 Å². The van der Waals surface area contributed by atoms with Crippen LogP contribution in [0.3, 0.4) is 0 Å². The molecule has 3 rings (SSSR count). The smallest absolute Gasteiger partial charge is 0.253 e. The number of sulfonamides is 1. The normalized spacial score (nSPS) is 29.1. The molecule has 1 aromatic heterocycles. The molecule has 2 atom stereocenters. The summed E-state index contributed by atoms with van der Waals surface area (Å²) < 4.78 is 34.1. The highest BCUT2D eigenvalue weighted by Crippen LogP contribution is 2.35. The Morgan fingerprint density at radius 2 is 2.11 bits per heavy atom. The number of hydrogen-bond donors (Lipinski definition) is 0. The van der Waals surface area contributed by atoms with Crippen molar-refractivity contribution < 1.29 is 13.2 Å². The second-order valence-corrected chi connectivity index (χ2v) is 9.52. The molecule has 2 fully saturated rings. The number of hydrogen-bond acceptors (Lipinski definition) is 4. The number of rotatable bonds is 2. The highest BCUT2D eigenvalue weighted by atomic mass is 79.9. The maximum Gasteiger partial charge on any atom is 0.253 e. The third kappa shape index (κ3) is 2.63. The number of ether oxygens (including phenoxy) is 1. The minimum atomic E-state index is -3.37. The fourth-order valence-corrected chi connectivity index (χ4v) is 6.71. The molecule has 1 aliphatic carbocycles. The fourth-order valence-electron chi connectivity index (χ4n) is 2.91. The summed E-state index contributed by atoms with van der Waals surface area (Å²) in [4.78, 5) is 0. The molecular weight excluding hydrogens is 350 g/mol. The molecule has 19 heavy (non-hydrogen) atoms. The topological polar surface area (TPSA) is 46.6 Å².